The molecule has 0 aliphatic rings. The summed E-state index contributed by atoms with van der Waals surface area (Å²) in [6, 6.07) is 0. The highest BCUT2D eigenvalue weighted by Crippen LogP contribution is 2.07. The third-order valence-electron chi connectivity index (χ3n) is 1.17. The third-order valence-corrected chi connectivity index (χ3v) is 1.17. The van der Waals surface area contributed by atoms with E-state index in [0.717, 1.165) is 0 Å². The molecule has 1 atom stereocenters. The van der Waals surface area contributed by atoms with Gasteiger partial charge in [0.15, 0.2) is 0 Å². The predicted molar refractivity (Wildman–Crippen MR) is 33.6 cm³/mol. The maximum absolute atomic E-state index is 10.1. The number of rotatable bonds is 3. The molecule has 0 rings (SSSR count). The van der Waals surface area contributed by atoms with Gasteiger partial charge in [-0.05, 0) is 6.92 Å². The normalized spacial score (nSPS) is 12.1. The Morgan fingerprint density at radius 1 is 1.40 bits per heavy atom. The topological polar surface area (TPSA) is 74.6 Å². The molecule has 0 fully saturated rings. The fraction of sp³-hybridized carbons (Fsp3) is 0.333. The minimum absolute atomic E-state index is 0.299. The van der Waals surface area contributed by atoms with Gasteiger partial charge >= 0.3 is 11.9 Å². The van der Waals surface area contributed by atoms with Crippen molar-refractivity contribution in [2.45, 2.75) is 6.92 Å². The van der Waals surface area contributed by atoms with E-state index in [4.69, 9.17) is 10.2 Å². The molecule has 56 valence electrons. The lowest BCUT2D eigenvalue weighted by Crippen LogP contribution is -2.17. The largest absolute Gasteiger partial charge is 0.481 e. The van der Waals surface area contributed by atoms with E-state index in [-0.39, 0.29) is 5.57 Å². The van der Waals surface area contributed by atoms with E-state index in [2.05, 4.69) is 6.58 Å². The molecule has 0 aliphatic heterocycles. The molecule has 0 aromatic carbocycles. The van der Waals surface area contributed by atoms with Crippen LogP contribution in [0.15, 0.2) is 12.2 Å². The van der Waals surface area contributed by atoms with E-state index in [1.54, 1.807) is 0 Å². The van der Waals surface area contributed by atoms with Crippen LogP contribution in [0.3, 0.4) is 0 Å². The maximum Gasteiger partial charge on any atom is 0.331 e. The van der Waals surface area contributed by atoms with Crippen molar-refractivity contribution >= 4 is 11.9 Å². The van der Waals surface area contributed by atoms with Crippen LogP contribution in [0.5, 0.6) is 0 Å². The van der Waals surface area contributed by atoms with Gasteiger partial charge in [0.25, 0.3) is 0 Å². The van der Waals surface area contributed by atoms with Crippen LogP contribution < -0.4 is 0 Å². The molecule has 2 N–H and O–H groups in total. The predicted octanol–water partition coefficient (Wildman–Crippen LogP) is 0.348. The molecule has 4 nitrogen and oxygen atoms in total. The van der Waals surface area contributed by atoms with Gasteiger partial charge in [-0.15, -0.1) is 0 Å². The van der Waals surface area contributed by atoms with Crippen molar-refractivity contribution in [1.29, 1.82) is 0 Å². The summed E-state index contributed by atoms with van der Waals surface area (Å²) in [5, 5.41) is 16.5. The van der Waals surface area contributed by atoms with Crippen LogP contribution in [-0.4, -0.2) is 22.2 Å². The van der Waals surface area contributed by atoms with E-state index >= 15 is 0 Å². The van der Waals surface area contributed by atoms with Crippen molar-refractivity contribution in [3.63, 3.8) is 0 Å². The van der Waals surface area contributed by atoms with Crippen molar-refractivity contribution in [3.8, 4) is 0 Å². The van der Waals surface area contributed by atoms with Gasteiger partial charge in [0.1, 0.15) is 0 Å². The van der Waals surface area contributed by atoms with Gasteiger partial charge in [-0.1, -0.05) is 6.58 Å². The Morgan fingerprint density at radius 2 is 1.80 bits per heavy atom. The Hall–Kier alpha value is -1.32. The standard InChI is InChI=1S/C6H8O4/c1-3(5(7)8)4(2)6(9)10/h4H,1H2,2H3,(H,7,8)(H,9,10). The molecule has 0 saturated carbocycles. The molecule has 4 heteroatoms. The highest BCUT2D eigenvalue weighted by Gasteiger charge is 2.19. The SMILES string of the molecule is C=C(C(=O)O)C(C)C(=O)O. The molecule has 0 aromatic rings. The number of hydrogen-bond acceptors (Lipinski definition) is 2. The van der Waals surface area contributed by atoms with Gasteiger partial charge < -0.3 is 10.2 Å². The van der Waals surface area contributed by atoms with Crippen molar-refractivity contribution in [2.75, 3.05) is 0 Å². The number of carboxylic acids is 2. The number of aliphatic carboxylic acids is 2. The smallest absolute Gasteiger partial charge is 0.331 e. The Balaban J connectivity index is 4.22. The summed E-state index contributed by atoms with van der Waals surface area (Å²) >= 11 is 0. The number of carbonyl (C=O) groups is 2. The van der Waals surface area contributed by atoms with Gasteiger partial charge in [0.2, 0.25) is 0 Å². The molecule has 1 unspecified atom stereocenters. The summed E-state index contributed by atoms with van der Waals surface area (Å²) in [5.41, 5.74) is -0.299. The first-order valence-corrected chi connectivity index (χ1v) is 2.61. The molecule has 0 amide bonds. The zero-order valence-electron chi connectivity index (χ0n) is 5.50. The minimum atomic E-state index is -1.27. The highest BCUT2D eigenvalue weighted by atomic mass is 16.4. The first-order valence-electron chi connectivity index (χ1n) is 2.61. The Bertz CT molecular complexity index is 182. The van der Waals surface area contributed by atoms with E-state index in [9.17, 15) is 9.59 Å². The lowest BCUT2D eigenvalue weighted by atomic mass is 10.0. The zero-order chi connectivity index (χ0) is 8.31. The number of carboxylic acid groups (broad SMARTS) is 2. The molecule has 0 saturated heterocycles. The number of hydrogen-bond donors (Lipinski definition) is 2. The highest BCUT2D eigenvalue weighted by molar-refractivity contribution is 5.92. The maximum atomic E-state index is 10.1. The van der Waals surface area contributed by atoms with Gasteiger partial charge in [-0.3, -0.25) is 4.79 Å². The third kappa shape index (κ3) is 1.89. The summed E-state index contributed by atoms with van der Waals surface area (Å²) in [6.07, 6.45) is 0. The second-order valence-corrected chi connectivity index (χ2v) is 1.89. The van der Waals surface area contributed by atoms with Crippen molar-refractivity contribution < 1.29 is 19.8 Å². The molecular formula is C6H8O4. The van der Waals surface area contributed by atoms with Crippen LogP contribution >= 0.6 is 0 Å². The molecule has 0 aliphatic carbocycles. The monoisotopic (exact) mass is 144 g/mol. The average molecular weight is 144 g/mol. The second kappa shape index (κ2) is 3.00. The first-order chi connectivity index (χ1) is 4.46. The molecule has 0 radical (unpaired) electrons. The molecular weight excluding hydrogens is 136 g/mol. The Morgan fingerprint density at radius 3 is 1.90 bits per heavy atom. The summed E-state index contributed by atoms with van der Waals surface area (Å²) in [4.78, 5) is 20.2. The van der Waals surface area contributed by atoms with Gasteiger partial charge in [0.05, 0.1) is 5.92 Å². The van der Waals surface area contributed by atoms with Crippen molar-refractivity contribution in [1.82, 2.24) is 0 Å². The molecule has 0 spiro atoms. The molecule has 10 heavy (non-hydrogen) atoms. The van der Waals surface area contributed by atoms with Crippen LogP contribution in [0.25, 0.3) is 0 Å². The van der Waals surface area contributed by atoms with E-state index in [0.29, 0.717) is 0 Å². The Kier molecular flexibility index (Phi) is 2.61. The van der Waals surface area contributed by atoms with Crippen LogP contribution in [0, 0.1) is 5.92 Å². The molecule has 0 bridgehead atoms. The van der Waals surface area contributed by atoms with Crippen molar-refractivity contribution in [3.05, 3.63) is 12.2 Å². The summed E-state index contributed by atoms with van der Waals surface area (Å²) in [6.45, 7) is 4.37. The van der Waals surface area contributed by atoms with Crippen LogP contribution in [0.1, 0.15) is 6.92 Å². The quantitative estimate of drug-likeness (QED) is 0.560. The van der Waals surface area contributed by atoms with E-state index in [1.807, 2.05) is 0 Å². The Labute approximate surface area is 57.8 Å². The zero-order valence-corrected chi connectivity index (χ0v) is 5.50. The lowest BCUT2D eigenvalue weighted by Gasteiger charge is -2.03. The lowest BCUT2D eigenvalue weighted by molar-refractivity contribution is -0.143. The molecule has 0 aromatic heterocycles. The second-order valence-electron chi connectivity index (χ2n) is 1.89. The fourth-order valence-electron chi connectivity index (χ4n) is 0.334. The van der Waals surface area contributed by atoms with Gasteiger partial charge in [0, 0.05) is 5.57 Å². The molecule has 0 heterocycles. The van der Waals surface area contributed by atoms with Gasteiger partial charge in [-0.2, -0.15) is 0 Å². The summed E-state index contributed by atoms with van der Waals surface area (Å²) in [5.74, 6) is -3.46. The van der Waals surface area contributed by atoms with Gasteiger partial charge in [-0.25, -0.2) is 4.79 Å². The average Bonchev–Trinajstić information content (AvgIpc) is 1.84. The summed E-state index contributed by atoms with van der Waals surface area (Å²) in [7, 11) is 0. The minimum Gasteiger partial charge on any atom is -0.481 e. The van der Waals surface area contributed by atoms with E-state index < -0.39 is 17.9 Å². The van der Waals surface area contributed by atoms with Crippen LogP contribution in [0.2, 0.25) is 0 Å². The van der Waals surface area contributed by atoms with Crippen LogP contribution in [0.4, 0.5) is 0 Å². The van der Waals surface area contributed by atoms with E-state index in [1.165, 1.54) is 6.92 Å². The first kappa shape index (κ1) is 8.68. The van der Waals surface area contributed by atoms with Crippen LogP contribution in [-0.2, 0) is 9.59 Å². The summed E-state index contributed by atoms with van der Waals surface area (Å²) < 4.78 is 0. The van der Waals surface area contributed by atoms with Crippen molar-refractivity contribution in [2.24, 2.45) is 5.92 Å². The fourth-order valence-corrected chi connectivity index (χ4v) is 0.334.